The Kier molecular flexibility index (Phi) is 4.79. The van der Waals surface area contributed by atoms with Gasteiger partial charge < -0.3 is 20.6 Å². The van der Waals surface area contributed by atoms with Crippen LogP contribution in [0.5, 0.6) is 0 Å². The van der Waals surface area contributed by atoms with Gasteiger partial charge in [0.2, 0.25) is 0 Å². The van der Waals surface area contributed by atoms with Crippen LogP contribution in [-0.4, -0.2) is 55.1 Å². The number of carbonyl (C=O) groups is 1. The molecule has 5 heterocycles. The number of amides is 1. The van der Waals surface area contributed by atoms with Crippen LogP contribution in [-0.2, 0) is 18.3 Å². The van der Waals surface area contributed by atoms with E-state index in [0.717, 1.165) is 11.3 Å². The zero-order chi connectivity index (χ0) is 23.5. The fourth-order valence-corrected chi connectivity index (χ4v) is 4.40. The van der Waals surface area contributed by atoms with Crippen molar-refractivity contribution in [2.24, 2.45) is 0 Å². The van der Waals surface area contributed by atoms with Crippen molar-refractivity contribution in [1.82, 2.24) is 20.3 Å². The first-order valence-corrected chi connectivity index (χ1v) is 10.4. The van der Waals surface area contributed by atoms with E-state index in [2.05, 4.69) is 25.6 Å². The SMILES string of the molecule is [B]C1(O)Cc2ncc(Nc3ccncc3C)cc2C([B])([B])N1c1nc2c(cc1C)C(=O)NC2. The summed E-state index contributed by atoms with van der Waals surface area (Å²) in [5.41, 5.74) is 3.13. The standard InChI is InChI=1S/C22H19B3N6O2/c1-11-5-14-18(10-28-20(14)32)30-19(11)31-21(23,33)7-17-15(22(31,24)25)6-13(9-27-17)29-16-3-4-26-8-12(16)2/h3-6,8-9,33H,7,10H2,1-2H3,(H,26,29)(H,28,32). The number of hydrogen-bond donors (Lipinski definition) is 3. The van der Waals surface area contributed by atoms with E-state index < -0.39 is 11.0 Å². The molecule has 3 aromatic heterocycles. The summed E-state index contributed by atoms with van der Waals surface area (Å²) in [6, 6.07) is 5.34. The maximum absolute atomic E-state index is 12.0. The van der Waals surface area contributed by atoms with E-state index in [1.165, 1.54) is 4.90 Å². The summed E-state index contributed by atoms with van der Waals surface area (Å²) in [5, 5.41) is 15.5. The van der Waals surface area contributed by atoms with Crippen LogP contribution in [0.2, 0.25) is 0 Å². The Morgan fingerprint density at radius 2 is 1.94 bits per heavy atom. The minimum absolute atomic E-state index is 0.0254. The van der Waals surface area contributed by atoms with E-state index in [1.54, 1.807) is 37.6 Å². The number of carbonyl (C=O) groups excluding carboxylic acids is 1. The molecule has 0 aliphatic carbocycles. The summed E-state index contributed by atoms with van der Waals surface area (Å²) in [5.74, 6) is 0.103. The number of fused-ring (bicyclic) bond motifs is 2. The van der Waals surface area contributed by atoms with Crippen molar-refractivity contribution in [3.05, 3.63) is 70.4 Å². The number of nitrogens with zero attached hydrogens (tertiary/aromatic N) is 4. The minimum Gasteiger partial charge on any atom is -0.380 e. The number of aryl methyl sites for hydroxylation is 2. The van der Waals surface area contributed by atoms with Crippen molar-refractivity contribution in [3.63, 3.8) is 0 Å². The molecule has 1 amide bonds. The van der Waals surface area contributed by atoms with E-state index in [9.17, 15) is 9.90 Å². The third-order valence-electron chi connectivity index (χ3n) is 6.02. The van der Waals surface area contributed by atoms with Crippen molar-refractivity contribution in [2.45, 2.75) is 37.8 Å². The molecule has 11 heteroatoms. The van der Waals surface area contributed by atoms with Gasteiger partial charge in [0.1, 0.15) is 13.7 Å². The highest BCUT2D eigenvalue weighted by Gasteiger charge is 2.47. The third kappa shape index (κ3) is 3.47. The Bertz CT molecular complexity index is 1300. The van der Waals surface area contributed by atoms with Gasteiger partial charge in [-0.05, 0) is 54.1 Å². The van der Waals surface area contributed by atoms with Crippen molar-refractivity contribution in [1.29, 1.82) is 0 Å². The molecule has 8 nitrogen and oxygen atoms in total. The summed E-state index contributed by atoms with van der Waals surface area (Å²) >= 11 is 0. The Morgan fingerprint density at radius 3 is 2.70 bits per heavy atom. The number of hydrogen-bond acceptors (Lipinski definition) is 7. The molecule has 3 aromatic rings. The third-order valence-corrected chi connectivity index (χ3v) is 6.02. The highest BCUT2D eigenvalue weighted by atomic mass is 16.3. The first kappa shape index (κ1) is 21.5. The van der Waals surface area contributed by atoms with Crippen LogP contribution >= 0.6 is 0 Å². The maximum Gasteiger partial charge on any atom is 0.253 e. The predicted molar refractivity (Wildman–Crippen MR) is 127 cm³/mol. The molecule has 0 fully saturated rings. The van der Waals surface area contributed by atoms with E-state index in [1.807, 2.05) is 13.0 Å². The van der Waals surface area contributed by atoms with Crippen LogP contribution in [0, 0.1) is 13.8 Å². The molecule has 0 spiro atoms. The average Bonchev–Trinajstić information content (AvgIpc) is 3.09. The highest BCUT2D eigenvalue weighted by molar-refractivity contribution is 6.42. The molecule has 0 aromatic carbocycles. The van der Waals surface area contributed by atoms with Gasteiger partial charge >= 0.3 is 0 Å². The van der Waals surface area contributed by atoms with Gasteiger partial charge in [0, 0.05) is 30.2 Å². The van der Waals surface area contributed by atoms with Gasteiger partial charge in [-0.1, -0.05) is 0 Å². The van der Waals surface area contributed by atoms with Crippen LogP contribution in [0.15, 0.2) is 36.8 Å². The van der Waals surface area contributed by atoms with Crippen LogP contribution in [0.25, 0.3) is 0 Å². The molecule has 5 rings (SSSR count). The lowest BCUT2D eigenvalue weighted by atomic mass is 9.52. The van der Waals surface area contributed by atoms with Crippen LogP contribution in [0.1, 0.15) is 38.4 Å². The van der Waals surface area contributed by atoms with Gasteiger partial charge in [-0.3, -0.25) is 14.8 Å². The van der Waals surface area contributed by atoms with Crippen LogP contribution in [0.3, 0.4) is 0 Å². The highest BCUT2D eigenvalue weighted by Crippen LogP contribution is 2.42. The fourth-order valence-electron chi connectivity index (χ4n) is 4.40. The molecule has 2 aliphatic heterocycles. The molecule has 0 saturated heterocycles. The molecule has 0 saturated carbocycles. The van der Waals surface area contributed by atoms with Gasteiger partial charge in [0.15, 0.2) is 0 Å². The molecule has 1 unspecified atom stereocenters. The van der Waals surface area contributed by atoms with E-state index >= 15 is 0 Å². The normalized spacial score (nSPS) is 20.7. The van der Waals surface area contributed by atoms with E-state index in [-0.39, 0.29) is 18.9 Å². The van der Waals surface area contributed by atoms with Crippen LogP contribution in [0.4, 0.5) is 17.2 Å². The van der Waals surface area contributed by atoms with Crippen molar-refractivity contribution >= 4 is 46.6 Å². The van der Waals surface area contributed by atoms with Gasteiger partial charge in [0.25, 0.3) is 5.91 Å². The van der Waals surface area contributed by atoms with Gasteiger partial charge in [0.05, 0.1) is 51.0 Å². The Morgan fingerprint density at radius 1 is 1.15 bits per heavy atom. The lowest BCUT2D eigenvalue weighted by molar-refractivity contribution is 0.0965. The van der Waals surface area contributed by atoms with Crippen LogP contribution < -0.4 is 15.5 Å². The lowest BCUT2D eigenvalue weighted by Gasteiger charge is -2.54. The Balaban J connectivity index is 1.60. The smallest absolute Gasteiger partial charge is 0.253 e. The molecule has 3 N–H and O–H groups in total. The summed E-state index contributed by atoms with van der Waals surface area (Å²) in [4.78, 5) is 26.5. The summed E-state index contributed by atoms with van der Waals surface area (Å²) in [7, 11) is 19.6. The van der Waals surface area contributed by atoms with Crippen molar-refractivity contribution < 1.29 is 9.90 Å². The molecule has 0 bridgehead atoms. The maximum atomic E-state index is 12.0. The zero-order valence-corrected chi connectivity index (χ0v) is 18.3. The van der Waals surface area contributed by atoms with E-state index in [4.69, 9.17) is 23.5 Å². The number of anilines is 3. The summed E-state index contributed by atoms with van der Waals surface area (Å²) in [6.45, 7) is 3.98. The van der Waals surface area contributed by atoms with E-state index in [0.29, 0.717) is 39.6 Å². The Labute approximate surface area is 195 Å². The zero-order valence-electron chi connectivity index (χ0n) is 18.3. The molecule has 1 atom stereocenters. The fraction of sp³-hybridized carbons (Fsp3) is 0.273. The quantitative estimate of drug-likeness (QED) is 0.527. The number of rotatable bonds is 3. The van der Waals surface area contributed by atoms with Crippen molar-refractivity contribution in [3.8, 4) is 0 Å². The second kappa shape index (κ2) is 7.35. The number of nitrogens with one attached hydrogen (secondary N) is 2. The number of pyridine rings is 3. The average molecular weight is 432 g/mol. The lowest BCUT2D eigenvalue weighted by Crippen LogP contribution is -2.66. The predicted octanol–water partition coefficient (Wildman–Crippen LogP) is 0.800. The second-order valence-electron chi connectivity index (χ2n) is 8.56. The molecule has 6 radical (unpaired) electrons. The molecule has 33 heavy (non-hydrogen) atoms. The second-order valence-corrected chi connectivity index (χ2v) is 8.56. The molecular formula is C22H19B3N6O2. The topological polar surface area (TPSA) is 103 Å². The summed E-state index contributed by atoms with van der Waals surface area (Å²) in [6.07, 6.45) is 5.05. The molecule has 158 valence electrons. The molecular weight excluding hydrogens is 413 g/mol. The first-order chi connectivity index (χ1) is 15.6. The van der Waals surface area contributed by atoms with Gasteiger partial charge in [-0.2, -0.15) is 0 Å². The van der Waals surface area contributed by atoms with Crippen molar-refractivity contribution in [2.75, 3.05) is 10.2 Å². The first-order valence-electron chi connectivity index (χ1n) is 10.4. The Hall–Kier alpha value is -3.33. The monoisotopic (exact) mass is 432 g/mol. The number of aliphatic hydroxyl groups is 1. The number of aromatic nitrogens is 3. The molecule has 2 aliphatic rings. The van der Waals surface area contributed by atoms with Gasteiger partial charge in [-0.25, -0.2) is 4.98 Å². The minimum atomic E-state index is -1.96. The van der Waals surface area contributed by atoms with Gasteiger partial charge in [-0.15, -0.1) is 0 Å². The summed E-state index contributed by atoms with van der Waals surface area (Å²) < 4.78 is 0. The largest absolute Gasteiger partial charge is 0.380 e.